The summed E-state index contributed by atoms with van der Waals surface area (Å²) in [6, 6.07) is 5.44. The Hall–Kier alpha value is -3.40. The molecule has 1 aromatic heterocycles. The molecule has 0 bridgehead atoms. The minimum atomic E-state index is -0.768. The van der Waals surface area contributed by atoms with Gasteiger partial charge in [0, 0.05) is 38.0 Å². The fraction of sp³-hybridized carbons (Fsp3) is 0.350. The summed E-state index contributed by atoms with van der Waals surface area (Å²) in [5, 5.41) is 10.5. The first kappa shape index (κ1) is 21.3. The van der Waals surface area contributed by atoms with Gasteiger partial charge in [-0.25, -0.2) is 14.4 Å². The fourth-order valence-corrected chi connectivity index (χ4v) is 3.36. The zero-order chi connectivity index (χ0) is 21.7. The number of likely N-dealkylation sites (tertiary alicyclic amines) is 1. The molecule has 3 rings (SSSR count). The highest BCUT2D eigenvalue weighted by Gasteiger charge is 2.27. The zero-order valence-corrected chi connectivity index (χ0v) is 16.7. The molecule has 1 unspecified atom stereocenters. The first-order valence-electron chi connectivity index (χ1n) is 9.60. The number of halogens is 1. The summed E-state index contributed by atoms with van der Waals surface area (Å²) in [4.78, 5) is 27.4. The van der Waals surface area contributed by atoms with E-state index < -0.39 is 17.8 Å². The first-order valence-corrected chi connectivity index (χ1v) is 9.60. The van der Waals surface area contributed by atoms with Crippen LogP contribution in [0.3, 0.4) is 0 Å². The Balaban J connectivity index is 1.82. The number of carbonyl (C=O) groups is 1. The molecule has 0 spiro atoms. The molecule has 2 heterocycles. The lowest BCUT2D eigenvalue weighted by Gasteiger charge is -2.34. The third-order valence-corrected chi connectivity index (χ3v) is 4.99. The van der Waals surface area contributed by atoms with Crippen molar-refractivity contribution in [3.05, 3.63) is 42.0 Å². The van der Waals surface area contributed by atoms with Crippen LogP contribution in [0.4, 0.5) is 10.2 Å². The number of nitrogens with zero attached hydrogens (tertiary/aromatic N) is 4. The Labute approximate surface area is 173 Å². The van der Waals surface area contributed by atoms with Crippen LogP contribution in [0.5, 0.6) is 0 Å². The van der Waals surface area contributed by atoms with Crippen LogP contribution in [0, 0.1) is 11.2 Å². The van der Waals surface area contributed by atoms with Crippen LogP contribution in [0.15, 0.2) is 35.5 Å². The minimum Gasteiger partial charge on any atom is -0.382 e. The number of nitrogen functional groups attached to an aromatic ring is 1. The van der Waals surface area contributed by atoms with Gasteiger partial charge in [-0.3, -0.25) is 9.79 Å². The summed E-state index contributed by atoms with van der Waals surface area (Å²) in [6.45, 7) is 1.39. The van der Waals surface area contributed by atoms with Crippen molar-refractivity contribution < 1.29 is 9.18 Å². The molecule has 1 saturated heterocycles. The molecular formula is C20H25FN8O. The number of amidine groups is 1. The summed E-state index contributed by atoms with van der Waals surface area (Å²) in [5.41, 5.74) is 12.1. The summed E-state index contributed by atoms with van der Waals surface area (Å²) in [7, 11) is 1.61. The van der Waals surface area contributed by atoms with Gasteiger partial charge in [0.05, 0.1) is 11.9 Å². The monoisotopic (exact) mass is 412 g/mol. The number of nitrogens with one attached hydrogen (secondary N) is 2. The van der Waals surface area contributed by atoms with Crippen molar-refractivity contribution in [3.63, 3.8) is 0 Å². The second-order valence-corrected chi connectivity index (χ2v) is 6.99. The molecule has 9 nitrogen and oxygen atoms in total. The van der Waals surface area contributed by atoms with Crippen molar-refractivity contribution in [1.29, 1.82) is 5.41 Å². The number of piperidine rings is 1. The Bertz CT molecular complexity index is 956. The molecular weight excluding hydrogens is 387 g/mol. The largest absolute Gasteiger partial charge is 0.382 e. The first-order chi connectivity index (χ1) is 14.4. The Kier molecular flexibility index (Phi) is 6.68. The van der Waals surface area contributed by atoms with Crippen LogP contribution in [0.2, 0.25) is 0 Å². The van der Waals surface area contributed by atoms with Crippen LogP contribution >= 0.6 is 0 Å². The molecule has 1 atom stereocenters. The van der Waals surface area contributed by atoms with Gasteiger partial charge in [0.15, 0.2) is 11.5 Å². The summed E-state index contributed by atoms with van der Waals surface area (Å²) >= 11 is 0. The normalized spacial score (nSPS) is 16.2. The molecule has 0 aliphatic carbocycles. The Morgan fingerprint density at radius 2 is 2.10 bits per heavy atom. The minimum absolute atomic E-state index is 0.0877. The maximum absolute atomic E-state index is 14.1. The van der Waals surface area contributed by atoms with Crippen LogP contribution in [0.25, 0.3) is 11.3 Å². The molecule has 0 radical (unpaired) electrons. The summed E-state index contributed by atoms with van der Waals surface area (Å²) < 4.78 is 14.1. The van der Waals surface area contributed by atoms with Gasteiger partial charge in [0.25, 0.3) is 5.91 Å². The second-order valence-electron chi connectivity index (χ2n) is 6.99. The van der Waals surface area contributed by atoms with E-state index in [-0.39, 0.29) is 28.8 Å². The van der Waals surface area contributed by atoms with Gasteiger partial charge in [0.1, 0.15) is 17.7 Å². The van der Waals surface area contributed by atoms with Crippen LogP contribution < -0.4 is 16.8 Å². The zero-order valence-electron chi connectivity index (χ0n) is 16.7. The average molecular weight is 412 g/mol. The highest BCUT2D eigenvalue weighted by Crippen LogP contribution is 2.21. The maximum atomic E-state index is 14.1. The average Bonchev–Trinajstić information content (AvgIpc) is 2.75. The maximum Gasteiger partial charge on any atom is 0.274 e. The predicted molar refractivity (Wildman–Crippen MR) is 114 cm³/mol. The lowest BCUT2D eigenvalue weighted by molar-refractivity contribution is 0.0948. The van der Waals surface area contributed by atoms with Crippen molar-refractivity contribution in [3.8, 4) is 11.3 Å². The molecule has 158 valence electrons. The predicted octanol–water partition coefficient (Wildman–Crippen LogP) is 1.06. The number of amides is 1. The highest BCUT2D eigenvalue weighted by atomic mass is 19.1. The van der Waals surface area contributed by atoms with Crippen LogP contribution in [-0.4, -0.2) is 65.0 Å². The van der Waals surface area contributed by atoms with Gasteiger partial charge in [-0.1, -0.05) is 12.1 Å². The van der Waals surface area contributed by atoms with E-state index in [0.717, 1.165) is 19.1 Å². The molecule has 30 heavy (non-hydrogen) atoms. The van der Waals surface area contributed by atoms with Gasteiger partial charge in [-0.05, 0) is 25.0 Å². The molecule has 1 amide bonds. The standard InChI is InChI=1S/C20H25FN8O/c1-25-19(29-8-6-12(23)7-9-29)15(10-22)28-20(30)17-18(24)26-11-16(27-17)13-4-2-3-5-14(13)21/h2-5,10-12,15,22H,6-9,23H2,1H3,(H2,24,26)(H,28,30). The van der Waals surface area contributed by atoms with Crippen LogP contribution in [-0.2, 0) is 0 Å². The quantitative estimate of drug-likeness (QED) is 0.427. The van der Waals surface area contributed by atoms with E-state index in [9.17, 15) is 9.18 Å². The van der Waals surface area contributed by atoms with Gasteiger partial charge < -0.3 is 27.1 Å². The van der Waals surface area contributed by atoms with E-state index in [4.69, 9.17) is 16.9 Å². The lowest BCUT2D eigenvalue weighted by Crippen LogP contribution is -2.53. The Morgan fingerprint density at radius 3 is 2.73 bits per heavy atom. The van der Waals surface area contributed by atoms with E-state index in [1.807, 2.05) is 4.90 Å². The SMILES string of the molecule is CN=C(C(C=N)NC(=O)c1nc(-c2ccccc2F)cnc1N)N1CCC(N)CC1. The number of hydrogen-bond acceptors (Lipinski definition) is 7. The third kappa shape index (κ3) is 4.60. The summed E-state index contributed by atoms with van der Waals surface area (Å²) in [5.74, 6) is -0.636. The van der Waals surface area contributed by atoms with Gasteiger partial charge in [-0.15, -0.1) is 0 Å². The van der Waals surface area contributed by atoms with E-state index in [1.54, 1.807) is 25.2 Å². The van der Waals surface area contributed by atoms with Gasteiger partial charge in [-0.2, -0.15) is 0 Å². The van der Waals surface area contributed by atoms with Crippen molar-refractivity contribution in [2.24, 2.45) is 10.7 Å². The summed E-state index contributed by atoms with van der Waals surface area (Å²) in [6.07, 6.45) is 4.02. The molecule has 1 aliphatic heterocycles. The van der Waals surface area contributed by atoms with Crippen molar-refractivity contribution in [2.45, 2.75) is 24.9 Å². The van der Waals surface area contributed by atoms with E-state index in [0.29, 0.717) is 18.9 Å². The lowest BCUT2D eigenvalue weighted by atomic mass is 10.0. The Morgan fingerprint density at radius 1 is 1.40 bits per heavy atom. The van der Waals surface area contributed by atoms with E-state index in [1.165, 1.54) is 12.3 Å². The molecule has 1 aromatic carbocycles. The number of carbonyl (C=O) groups excluding carboxylic acids is 1. The van der Waals surface area contributed by atoms with E-state index in [2.05, 4.69) is 20.3 Å². The van der Waals surface area contributed by atoms with E-state index >= 15 is 0 Å². The highest BCUT2D eigenvalue weighted by molar-refractivity contribution is 6.06. The number of anilines is 1. The fourth-order valence-electron chi connectivity index (χ4n) is 3.36. The molecule has 1 aliphatic rings. The molecule has 1 fully saturated rings. The number of aromatic nitrogens is 2. The number of rotatable bonds is 5. The van der Waals surface area contributed by atoms with Crippen molar-refractivity contribution in [2.75, 3.05) is 25.9 Å². The third-order valence-electron chi connectivity index (χ3n) is 4.99. The molecule has 6 N–H and O–H groups in total. The molecule has 2 aromatic rings. The molecule has 10 heteroatoms. The van der Waals surface area contributed by atoms with Gasteiger partial charge >= 0.3 is 0 Å². The number of hydrogen-bond donors (Lipinski definition) is 4. The van der Waals surface area contributed by atoms with Crippen LogP contribution in [0.1, 0.15) is 23.3 Å². The molecule has 0 saturated carbocycles. The van der Waals surface area contributed by atoms with Crippen molar-refractivity contribution in [1.82, 2.24) is 20.2 Å². The number of nitrogens with two attached hydrogens (primary N) is 2. The van der Waals surface area contributed by atoms with Crippen molar-refractivity contribution >= 4 is 23.8 Å². The number of aliphatic imine (C=N–C) groups is 1. The second kappa shape index (κ2) is 9.40. The smallest absolute Gasteiger partial charge is 0.274 e. The topological polar surface area (TPSA) is 146 Å². The van der Waals surface area contributed by atoms with Gasteiger partial charge in [0.2, 0.25) is 0 Å². The number of benzene rings is 1.